The molecule has 1 aliphatic heterocycles. The van der Waals surface area contributed by atoms with E-state index in [-0.39, 0.29) is 10.6 Å². The molecular formula is C18H11ClF3NO2S. The molecular weight excluding hydrogens is 387 g/mol. The summed E-state index contributed by atoms with van der Waals surface area (Å²) < 4.78 is 39.1. The Kier molecular flexibility index (Phi) is 4.86. The Bertz CT molecular complexity index is 923. The number of carbonyl (C=O) groups is 2. The maximum atomic E-state index is 13.0. The molecule has 134 valence electrons. The highest BCUT2D eigenvalue weighted by molar-refractivity contribution is 8.19. The van der Waals surface area contributed by atoms with Crippen LogP contribution in [0, 0.1) is 6.92 Å². The molecule has 0 aliphatic carbocycles. The number of halogens is 4. The molecule has 1 fully saturated rings. The molecule has 0 saturated carbocycles. The van der Waals surface area contributed by atoms with E-state index in [0.717, 1.165) is 16.5 Å². The summed E-state index contributed by atoms with van der Waals surface area (Å²) in [5.74, 6) is -0.670. The van der Waals surface area contributed by atoms with Crippen molar-refractivity contribution in [1.29, 1.82) is 0 Å². The maximum absolute atomic E-state index is 13.0. The summed E-state index contributed by atoms with van der Waals surface area (Å²) in [5, 5.41) is -1.16. The predicted molar refractivity (Wildman–Crippen MR) is 96.1 cm³/mol. The Morgan fingerprint density at radius 1 is 1.08 bits per heavy atom. The molecule has 0 atom stereocenters. The van der Waals surface area contributed by atoms with Gasteiger partial charge in [0.25, 0.3) is 11.1 Å². The Hall–Kier alpha value is -2.25. The molecule has 1 saturated heterocycles. The van der Waals surface area contributed by atoms with Gasteiger partial charge < -0.3 is 0 Å². The zero-order valence-electron chi connectivity index (χ0n) is 13.3. The van der Waals surface area contributed by atoms with E-state index in [1.807, 2.05) is 19.1 Å². The quantitative estimate of drug-likeness (QED) is 0.591. The molecule has 0 aromatic heterocycles. The molecule has 0 bridgehead atoms. The van der Waals surface area contributed by atoms with Gasteiger partial charge in [0, 0.05) is 0 Å². The smallest absolute Gasteiger partial charge is 0.268 e. The van der Waals surface area contributed by atoms with Gasteiger partial charge in [0.1, 0.15) is 0 Å². The van der Waals surface area contributed by atoms with E-state index in [0.29, 0.717) is 23.4 Å². The molecule has 0 N–H and O–H groups in total. The first-order valence-electron chi connectivity index (χ1n) is 7.38. The molecule has 3 rings (SSSR count). The summed E-state index contributed by atoms with van der Waals surface area (Å²) in [6.07, 6.45) is -3.16. The van der Waals surface area contributed by atoms with Crippen LogP contribution in [0.1, 0.15) is 16.7 Å². The van der Waals surface area contributed by atoms with Crippen LogP contribution in [0.4, 0.5) is 23.7 Å². The average molecular weight is 398 g/mol. The van der Waals surface area contributed by atoms with Gasteiger partial charge in [-0.2, -0.15) is 13.2 Å². The Morgan fingerprint density at radius 2 is 1.73 bits per heavy atom. The third kappa shape index (κ3) is 3.64. The number of aryl methyl sites for hydroxylation is 1. The number of amides is 2. The molecule has 26 heavy (non-hydrogen) atoms. The van der Waals surface area contributed by atoms with Crippen molar-refractivity contribution in [1.82, 2.24) is 0 Å². The van der Waals surface area contributed by atoms with Crippen LogP contribution in [0.3, 0.4) is 0 Å². The highest BCUT2D eigenvalue weighted by Gasteiger charge is 2.39. The van der Waals surface area contributed by atoms with Gasteiger partial charge in [0.2, 0.25) is 0 Å². The van der Waals surface area contributed by atoms with Gasteiger partial charge in [-0.1, -0.05) is 41.4 Å². The first kappa shape index (κ1) is 18.5. The Morgan fingerprint density at radius 3 is 2.35 bits per heavy atom. The topological polar surface area (TPSA) is 37.4 Å². The fourth-order valence-corrected chi connectivity index (χ4v) is 3.44. The third-order valence-electron chi connectivity index (χ3n) is 3.68. The van der Waals surface area contributed by atoms with Crippen LogP contribution in [0.2, 0.25) is 5.02 Å². The number of hydrogen-bond donors (Lipinski definition) is 0. The van der Waals surface area contributed by atoms with Crippen molar-refractivity contribution in [2.45, 2.75) is 13.1 Å². The van der Waals surface area contributed by atoms with Crippen molar-refractivity contribution < 1.29 is 22.8 Å². The molecule has 2 aromatic carbocycles. The van der Waals surface area contributed by atoms with E-state index < -0.39 is 27.9 Å². The lowest BCUT2D eigenvalue weighted by molar-refractivity contribution is -0.137. The second kappa shape index (κ2) is 6.81. The van der Waals surface area contributed by atoms with Gasteiger partial charge in [0.05, 0.1) is 21.2 Å². The van der Waals surface area contributed by atoms with E-state index in [1.54, 1.807) is 12.1 Å². The number of rotatable bonds is 2. The molecule has 1 aliphatic rings. The van der Waals surface area contributed by atoms with Crippen molar-refractivity contribution in [2.24, 2.45) is 0 Å². The summed E-state index contributed by atoms with van der Waals surface area (Å²) in [7, 11) is 0. The van der Waals surface area contributed by atoms with Crippen LogP contribution in [-0.4, -0.2) is 11.1 Å². The van der Waals surface area contributed by atoms with Crippen LogP contribution in [0.15, 0.2) is 47.4 Å². The lowest BCUT2D eigenvalue weighted by Gasteiger charge is -2.16. The normalized spacial score (nSPS) is 16.7. The number of hydrogen-bond acceptors (Lipinski definition) is 3. The van der Waals surface area contributed by atoms with Crippen LogP contribution in [0.25, 0.3) is 6.08 Å². The molecule has 0 unspecified atom stereocenters. The highest BCUT2D eigenvalue weighted by Crippen LogP contribution is 2.40. The summed E-state index contributed by atoms with van der Waals surface area (Å²) in [4.78, 5) is 25.6. The largest absolute Gasteiger partial charge is 0.417 e. The first-order chi connectivity index (χ1) is 12.2. The van der Waals surface area contributed by atoms with Crippen molar-refractivity contribution in [3.63, 3.8) is 0 Å². The second-order valence-corrected chi connectivity index (χ2v) is 6.99. The minimum absolute atomic E-state index is 0.141. The van der Waals surface area contributed by atoms with Gasteiger partial charge in [-0.3, -0.25) is 9.59 Å². The highest BCUT2D eigenvalue weighted by atomic mass is 35.5. The van der Waals surface area contributed by atoms with Crippen molar-refractivity contribution in [3.8, 4) is 0 Å². The SMILES string of the molecule is Cc1ccc(/C=C2\SC(=O)N(c3ccc(Cl)c(C(F)(F)F)c3)C2=O)cc1. The molecule has 0 spiro atoms. The summed E-state index contributed by atoms with van der Waals surface area (Å²) in [6, 6.07) is 10.2. The third-order valence-corrected chi connectivity index (χ3v) is 4.88. The number of carbonyl (C=O) groups excluding carboxylic acids is 2. The number of imide groups is 1. The molecule has 1 heterocycles. The van der Waals surface area contributed by atoms with Gasteiger partial charge in [-0.15, -0.1) is 0 Å². The lowest BCUT2D eigenvalue weighted by Crippen LogP contribution is -2.28. The van der Waals surface area contributed by atoms with E-state index in [9.17, 15) is 22.8 Å². The number of benzene rings is 2. The van der Waals surface area contributed by atoms with E-state index in [2.05, 4.69) is 0 Å². The standard InChI is InChI=1S/C18H11ClF3NO2S/c1-10-2-4-11(5-3-10)8-15-16(24)23(17(25)26-15)12-6-7-14(19)13(9-12)18(20,21)22/h2-9H,1H3/b15-8-. The molecule has 3 nitrogen and oxygen atoms in total. The number of thioether (sulfide) groups is 1. The minimum Gasteiger partial charge on any atom is -0.268 e. The monoisotopic (exact) mass is 397 g/mol. The summed E-state index contributed by atoms with van der Waals surface area (Å²) >= 11 is 6.26. The zero-order chi connectivity index (χ0) is 19.1. The van der Waals surface area contributed by atoms with Crippen LogP contribution >= 0.6 is 23.4 Å². The summed E-state index contributed by atoms with van der Waals surface area (Å²) in [6.45, 7) is 1.91. The van der Waals surface area contributed by atoms with E-state index in [4.69, 9.17) is 11.6 Å². The Balaban J connectivity index is 1.96. The predicted octanol–water partition coefficient (Wildman–Crippen LogP) is 5.91. The summed E-state index contributed by atoms with van der Waals surface area (Å²) in [5.41, 5.74) is 0.485. The van der Waals surface area contributed by atoms with Gasteiger partial charge in [-0.25, -0.2) is 4.90 Å². The fourth-order valence-electron chi connectivity index (χ4n) is 2.37. The number of alkyl halides is 3. The average Bonchev–Trinajstić information content (AvgIpc) is 2.83. The zero-order valence-corrected chi connectivity index (χ0v) is 14.9. The van der Waals surface area contributed by atoms with Gasteiger partial charge in [0.15, 0.2) is 0 Å². The van der Waals surface area contributed by atoms with Crippen molar-refractivity contribution >= 4 is 46.3 Å². The molecule has 2 amide bonds. The van der Waals surface area contributed by atoms with Crippen LogP contribution in [-0.2, 0) is 11.0 Å². The minimum atomic E-state index is -4.69. The number of nitrogens with zero attached hydrogens (tertiary/aromatic N) is 1. The second-order valence-electron chi connectivity index (χ2n) is 5.59. The van der Waals surface area contributed by atoms with Crippen LogP contribution in [0.5, 0.6) is 0 Å². The van der Waals surface area contributed by atoms with Gasteiger partial charge in [-0.05, 0) is 48.5 Å². The van der Waals surface area contributed by atoms with Crippen LogP contribution < -0.4 is 4.90 Å². The first-order valence-corrected chi connectivity index (χ1v) is 8.57. The molecule has 8 heteroatoms. The fraction of sp³-hybridized carbons (Fsp3) is 0.111. The van der Waals surface area contributed by atoms with Crippen molar-refractivity contribution in [3.05, 3.63) is 69.1 Å². The Labute approximate surface area is 156 Å². The molecule has 2 aromatic rings. The van der Waals surface area contributed by atoms with Crippen molar-refractivity contribution in [2.75, 3.05) is 4.90 Å². The number of anilines is 1. The van der Waals surface area contributed by atoms with Gasteiger partial charge >= 0.3 is 6.18 Å². The maximum Gasteiger partial charge on any atom is 0.417 e. The van der Waals surface area contributed by atoms with E-state index >= 15 is 0 Å². The molecule has 0 radical (unpaired) electrons. The van der Waals surface area contributed by atoms with E-state index in [1.165, 1.54) is 12.1 Å². The lowest BCUT2D eigenvalue weighted by atomic mass is 10.1.